The number of halogens is 1. The number of allylic oxidation sites excluding steroid dienone is 4. The summed E-state index contributed by atoms with van der Waals surface area (Å²) in [6.45, 7) is 12.1. The Balaban J connectivity index is 0. The van der Waals surface area contributed by atoms with Gasteiger partial charge in [-0.3, -0.25) is 4.79 Å². The Kier molecular flexibility index (Phi) is 23.8. The summed E-state index contributed by atoms with van der Waals surface area (Å²) in [5, 5.41) is 8.19. The summed E-state index contributed by atoms with van der Waals surface area (Å²) in [6, 6.07) is 2.31. The van der Waals surface area contributed by atoms with E-state index in [1.54, 1.807) is 0 Å². The monoisotopic (exact) mass is 500 g/mol. The third kappa shape index (κ3) is 17.9. The highest BCUT2D eigenvalue weighted by Crippen LogP contribution is 2.29. The molecule has 1 aromatic rings. The highest BCUT2D eigenvalue weighted by molar-refractivity contribution is 9.11. The SMILES string of the molecule is C/C=C\CCCC(=O)O.CC.CC.Cc1cc(CCC/C=C/C2CCCC2)sc1Br. The Morgan fingerprint density at radius 1 is 1.13 bits per heavy atom. The summed E-state index contributed by atoms with van der Waals surface area (Å²) >= 11 is 5.48. The Bertz CT molecular complexity index is 550. The molecule has 0 aromatic carbocycles. The molecule has 0 saturated heterocycles. The number of carboxylic acid groups (broad SMARTS) is 1. The highest BCUT2D eigenvalue weighted by Gasteiger charge is 2.10. The molecule has 0 bridgehead atoms. The molecule has 1 N–H and O–H groups in total. The number of thiophene rings is 1. The van der Waals surface area contributed by atoms with Crippen LogP contribution in [-0.2, 0) is 11.2 Å². The van der Waals surface area contributed by atoms with Crippen molar-refractivity contribution in [2.75, 3.05) is 0 Å². The first-order valence-electron chi connectivity index (χ1n) is 11.8. The number of aliphatic carboxylic acids is 1. The normalized spacial score (nSPS) is 13.3. The summed E-state index contributed by atoms with van der Waals surface area (Å²) < 4.78 is 1.30. The van der Waals surface area contributed by atoms with Crippen molar-refractivity contribution in [1.29, 1.82) is 0 Å². The van der Waals surface area contributed by atoms with Gasteiger partial charge in [0.2, 0.25) is 0 Å². The number of hydrogen-bond donors (Lipinski definition) is 1. The van der Waals surface area contributed by atoms with Crippen molar-refractivity contribution < 1.29 is 9.90 Å². The Hall–Kier alpha value is -0.870. The molecular weight excluding hydrogens is 456 g/mol. The largest absolute Gasteiger partial charge is 0.481 e. The van der Waals surface area contributed by atoms with Crippen LogP contribution in [0.1, 0.15) is 103 Å². The van der Waals surface area contributed by atoms with Crippen LogP contribution >= 0.6 is 27.3 Å². The van der Waals surface area contributed by atoms with E-state index in [-0.39, 0.29) is 6.42 Å². The second kappa shape index (κ2) is 22.8. The van der Waals surface area contributed by atoms with E-state index in [4.69, 9.17) is 5.11 Å². The predicted octanol–water partition coefficient (Wildman–Crippen LogP) is 9.76. The average Bonchev–Trinajstić information content (AvgIpc) is 3.38. The van der Waals surface area contributed by atoms with Crippen LogP contribution in [0.2, 0.25) is 0 Å². The minimum atomic E-state index is -0.709. The average molecular weight is 502 g/mol. The number of carboxylic acids is 1. The molecule has 1 aliphatic carbocycles. The minimum Gasteiger partial charge on any atom is -0.481 e. The maximum atomic E-state index is 9.94. The van der Waals surface area contributed by atoms with Crippen LogP contribution in [0.3, 0.4) is 0 Å². The van der Waals surface area contributed by atoms with E-state index in [1.807, 2.05) is 58.1 Å². The fraction of sp³-hybridized carbons (Fsp3) is 0.654. The molecule has 2 nitrogen and oxygen atoms in total. The summed E-state index contributed by atoms with van der Waals surface area (Å²) in [6.07, 6.45) is 20.2. The molecule has 1 heterocycles. The fourth-order valence-electron chi connectivity index (χ4n) is 3.02. The number of hydrogen-bond acceptors (Lipinski definition) is 2. The molecule has 1 aromatic heterocycles. The molecule has 2 rings (SSSR count). The van der Waals surface area contributed by atoms with Crippen molar-refractivity contribution in [3.8, 4) is 0 Å². The van der Waals surface area contributed by atoms with Gasteiger partial charge in [0, 0.05) is 11.3 Å². The van der Waals surface area contributed by atoms with Crippen LogP contribution in [0.5, 0.6) is 0 Å². The van der Waals surface area contributed by atoms with Gasteiger partial charge in [-0.2, -0.15) is 0 Å². The van der Waals surface area contributed by atoms with E-state index in [2.05, 4.69) is 41.1 Å². The third-order valence-corrected chi connectivity index (χ3v) is 6.70. The topological polar surface area (TPSA) is 37.3 Å². The maximum Gasteiger partial charge on any atom is 0.303 e. The van der Waals surface area contributed by atoms with E-state index < -0.39 is 5.97 Å². The molecule has 30 heavy (non-hydrogen) atoms. The summed E-state index contributed by atoms with van der Waals surface area (Å²) in [5.74, 6) is 0.188. The third-order valence-electron chi connectivity index (χ3n) is 4.51. The lowest BCUT2D eigenvalue weighted by Crippen LogP contribution is -1.92. The van der Waals surface area contributed by atoms with Gasteiger partial charge in [-0.25, -0.2) is 0 Å². The molecule has 1 saturated carbocycles. The molecule has 1 fully saturated rings. The van der Waals surface area contributed by atoms with Crippen molar-refractivity contribution in [3.63, 3.8) is 0 Å². The Labute approximate surface area is 199 Å². The van der Waals surface area contributed by atoms with Gasteiger partial charge in [0.25, 0.3) is 0 Å². The van der Waals surface area contributed by atoms with Crippen molar-refractivity contribution in [3.05, 3.63) is 44.6 Å². The van der Waals surface area contributed by atoms with Gasteiger partial charge in [0.05, 0.1) is 3.79 Å². The number of carbonyl (C=O) groups is 1. The molecule has 0 atom stereocenters. The van der Waals surface area contributed by atoms with E-state index in [1.165, 1.54) is 59.2 Å². The first-order valence-corrected chi connectivity index (χ1v) is 13.4. The van der Waals surface area contributed by atoms with E-state index in [0.29, 0.717) is 0 Å². The molecule has 0 aliphatic heterocycles. The van der Waals surface area contributed by atoms with Gasteiger partial charge < -0.3 is 5.11 Å². The van der Waals surface area contributed by atoms with Gasteiger partial charge in [0.15, 0.2) is 0 Å². The van der Waals surface area contributed by atoms with Crippen LogP contribution in [0, 0.1) is 12.8 Å². The zero-order chi connectivity index (χ0) is 23.2. The molecule has 1 aliphatic rings. The first kappa shape index (κ1) is 31.3. The number of rotatable bonds is 9. The first-order chi connectivity index (χ1) is 14.5. The quantitative estimate of drug-likeness (QED) is 0.270. The van der Waals surface area contributed by atoms with Gasteiger partial charge in [-0.05, 0) is 92.3 Å². The molecule has 0 radical (unpaired) electrons. The van der Waals surface area contributed by atoms with Gasteiger partial charge in [-0.1, -0.05) is 64.8 Å². The lowest BCUT2D eigenvalue weighted by Gasteiger charge is -1.99. The van der Waals surface area contributed by atoms with E-state index in [0.717, 1.165) is 18.8 Å². The van der Waals surface area contributed by atoms with Crippen LogP contribution in [-0.4, -0.2) is 11.1 Å². The number of unbranched alkanes of at least 4 members (excludes halogenated alkanes) is 2. The summed E-state index contributed by atoms with van der Waals surface area (Å²) in [4.78, 5) is 11.5. The van der Waals surface area contributed by atoms with E-state index >= 15 is 0 Å². The molecule has 4 heteroatoms. The highest BCUT2D eigenvalue weighted by atomic mass is 79.9. The van der Waals surface area contributed by atoms with Crippen LogP contribution < -0.4 is 0 Å². The van der Waals surface area contributed by atoms with Gasteiger partial charge >= 0.3 is 5.97 Å². The molecule has 0 spiro atoms. The number of aryl methyl sites for hydroxylation is 2. The zero-order valence-electron chi connectivity index (χ0n) is 20.2. The lowest BCUT2D eigenvalue weighted by molar-refractivity contribution is -0.137. The molecular formula is C26H45BrO2S. The predicted molar refractivity (Wildman–Crippen MR) is 140 cm³/mol. The summed E-state index contributed by atoms with van der Waals surface area (Å²) in [5.41, 5.74) is 1.38. The molecule has 174 valence electrons. The van der Waals surface area contributed by atoms with Gasteiger partial charge in [-0.15, -0.1) is 11.3 Å². The van der Waals surface area contributed by atoms with Crippen molar-refractivity contribution in [1.82, 2.24) is 0 Å². The molecule has 0 unspecified atom stereocenters. The second-order valence-corrected chi connectivity index (χ2v) is 9.34. The molecule has 0 amide bonds. The smallest absolute Gasteiger partial charge is 0.303 e. The van der Waals surface area contributed by atoms with Crippen LogP contribution in [0.15, 0.2) is 34.2 Å². The Morgan fingerprint density at radius 3 is 2.23 bits per heavy atom. The van der Waals surface area contributed by atoms with Crippen molar-refractivity contribution in [2.24, 2.45) is 5.92 Å². The minimum absolute atomic E-state index is 0.282. The second-order valence-electron chi connectivity index (χ2n) is 6.89. The van der Waals surface area contributed by atoms with E-state index in [9.17, 15) is 4.79 Å². The Morgan fingerprint density at radius 2 is 1.73 bits per heavy atom. The lowest BCUT2D eigenvalue weighted by atomic mass is 10.1. The fourth-order valence-corrected chi connectivity index (χ4v) is 4.69. The summed E-state index contributed by atoms with van der Waals surface area (Å²) in [7, 11) is 0. The maximum absolute atomic E-state index is 9.94. The van der Waals surface area contributed by atoms with Crippen LogP contribution in [0.4, 0.5) is 0 Å². The van der Waals surface area contributed by atoms with Crippen molar-refractivity contribution >= 4 is 33.2 Å². The van der Waals surface area contributed by atoms with Crippen LogP contribution in [0.25, 0.3) is 0 Å². The van der Waals surface area contributed by atoms with Crippen molar-refractivity contribution in [2.45, 2.75) is 106 Å². The standard InChI is InChI=1S/C15H21BrS.C7H12O2.2C2H6/c1-12-11-14(17-15(12)16)10-4-2-3-7-13-8-5-6-9-13;1-2-3-4-5-6-7(8)9;2*1-2/h3,7,11,13H,2,4-6,8-10H2,1H3;2-3H,4-6H2,1H3,(H,8,9);2*1-2H3/b7-3+;3-2-;;. The zero-order valence-corrected chi connectivity index (χ0v) is 22.6. The van der Waals surface area contributed by atoms with Gasteiger partial charge in [0.1, 0.15) is 0 Å².